The molecule has 0 spiro atoms. The maximum absolute atomic E-state index is 12.7. The van der Waals surface area contributed by atoms with E-state index in [1.165, 1.54) is 4.90 Å². The number of benzene rings is 2. The number of aryl methyl sites for hydroxylation is 3. The van der Waals surface area contributed by atoms with Gasteiger partial charge in [-0.3, -0.25) is 9.59 Å². The van der Waals surface area contributed by atoms with Gasteiger partial charge >= 0.3 is 0 Å². The molecule has 2 aromatic carbocycles. The molecule has 0 atom stereocenters. The van der Waals surface area contributed by atoms with E-state index in [4.69, 9.17) is 16.0 Å². The molecule has 6 heteroatoms. The summed E-state index contributed by atoms with van der Waals surface area (Å²) in [6.07, 6.45) is 0. The summed E-state index contributed by atoms with van der Waals surface area (Å²) in [5.74, 6) is 0.00483. The van der Waals surface area contributed by atoms with Gasteiger partial charge in [-0.2, -0.15) is 0 Å². The zero-order valence-electron chi connectivity index (χ0n) is 16.9. The Kier molecular flexibility index (Phi) is 6.09. The highest BCUT2D eigenvalue weighted by molar-refractivity contribution is 6.33. The number of rotatable bonds is 5. The molecule has 0 bridgehead atoms. The number of carbonyl (C=O) groups is 2. The van der Waals surface area contributed by atoms with Crippen molar-refractivity contribution in [2.24, 2.45) is 0 Å². The first-order valence-corrected chi connectivity index (χ1v) is 9.62. The molecule has 3 aromatic rings. The molecular weight excluding hydrogens is 388 g/mol. The summed E-state index contributed by atoms with van der Waals surface area (Å²) in [4.78, 5) is 26.4. The first-order chi connectivity index (χ1) is 13.8. The van der Waals surface area contributed by atoms with Crippen molar-refractivity contribution in [2.75, 3.05) is 18.9 Å². The Bertz CT molecular complexity index is 1050. The highest BCUT2D eigenvalue weighted by atomic mass is 35.5. The number of carbonyl (C=O) groups excluding carboxylic acids is 2. The van der Waals surface area contributed by atoms with Crippen molar-refractivity contribution in [1.82, 2.24) is 4.90 Å². The second kappa shape index (κ2) is 8.53. The molecule has 1 N–H and O–H groups in total. The van der Waals surface area contributed by atoms with Crippen molar-refractivity contribution in [1.29, 1.82) is 0 Å². The van der Waals surface area contributed by atoms with E-state index in [-0.39, 0.29) is 24.1 Å². The minimum Gasteiger partial charge on any atom is -0.451 e. The van der Waals surface area contributed by atoms with Crippen molar-refractivity contribution in [3.05, 3.63) is 76.0 Å². The zero-order valence-corrected chi connectivity index (χ0v) is 17.6. The number of hydrogen-bond donors (Lipinski definition) is 1. The summed E-state index contributed by atoms with van der Waals surface area (Å²) in [5.41, 5.74) is 4.59. The lowest BCUT2D eigenvalue weighted by Crippen LogP contribution is -2.35. The molecule has 0 unspecified atom stereocenters. The van der Waals surface area contributed by atoms with Gasteiger partial charge in [0.2, 0.25) is 5.91 Å². The molecule has 1 heterocycles. The number of hydrogen-bond acceptors (Lipinski definition) is 3. The van der Waals surface area contributed by atoms with Gasteiger partial charge in [0.05, 0.1) is 11.6 Å². The van der Waals surface area contributed by atoms with Crippen molar-refractivity contribution >= 4 is 29.1 Å². The van der Waals surface area contributed by atoms with Crippen molar-refractivity contribution in [2.45, 2.75) is 20.8 Å². The van der Waals surface area contributed by atoms with Crippen molar-refractivity contribution in [3.8, 4) is 11.3 Å². The fraction of sp³-hybridized carbons (Fsp3) is 0.217. The number of halogens is 1. The van der Waals surface area contributed by atoms with Crippen LogP contribution in [0.1, 0.15) is 27.2 Å². The highest BCUT2D eigenvalue weighted by Gasteiger charge is 2.20. The second-order valence-electron chi connectivity index (χ2n) is 7.13. The lowest BCUT2D eigenvalue weighted by molar-refractivity contribution is -0.116. The SMILES string of the molecule is Cc1cc(C)c(NC(=O)CN(C)C(=O)c2ccc(-c3ccccc3Cl)o2)c(C)c1. The first-order valence-electron chi connectivity index (χ1n) is 9.24. The quantitative estimate of drug-likeness (QED) is 0.625. The van der Waals surface area contributed by atoms with E-state index >= 15 is 0 Å². The second-order valence-corrected chi connectivity index (χ2v) is 7.53. The molecule has 29 heavy (non-hydrogen) atoms. The number of amides is 2. The summed E-state index contributed by atoms with van der Waals surface area (Å²) in [6, 6.07) is 14.5. The minimum absolute atomic E-state index is 0.0896. The Hall–Kier alpha value is -3.05. The van der Waals surface area contributed by atoms with Gasteiger partial charge in [0.25, 0.3) is 5.91 Å². The molecule has 0 aliphatic heterocycles. The fourth-order valence-electron chi connectivity index (χ4n) is 3.29. The van der Waals surface area contributed by atoms with Crippen molar-refractivity contribution < 1.29 is 14.0 Å². The van der Waals surface area contributed by atoms with E-state index in [0.29, 0.717) is 16.3 Å². The van der Waals surface area contributed by atoms with Crippen LogP contribution in [0, 0.1) is 20.8 Å². The van der Waals surface area contributed by atoms with Gasteiger partial charge in [-0.1, -0.05) is 41.4 Å². The van der Waals surface area contributed by atoms with Crippen LogP contribution in [0.15, 0.2) is 52.9 Å². The number of anilines is 1. The smallest absolute Gasteiger partial charge is 0.289 e. The fourth-order valence-corrected chi connectivity index (χ4v) is 3.52. The van der Waals surface area contributed by atoms with E-state index in [2.05, 4.69) is 5.32 Å². The Morgan fingerprint density at radius 2 is 1.69 bits per heavy atom. The third-order valence-corrected chi connectivity index (χ3v) is 4.95. The Morgan fingerprint density at radius 3 is 2.34 bits per heavy atom. The molecule has 150 valence electrons. The van der Waals surface area contributed by atoms with Crippen LogP contribution >= 0.6 is 11.6 Å². The van der Waals surface area contributed by atoms with E-state index in [0.717, 1.165) is 22.4 Å². The average molecular weight is 411 g/mol. The predicted octanol–water partition coefficient (Wildman–Crippen LogP) is 5.24. The number of nitrogens with one attached hydrogen (secondary N) is 1. The van der Waals surface area contributed by atoms with E-state index in [1.807, 2.05) is 51.1 Å². The van der Waals surface area contributed by atoms with E-state index < -0.39 is 0 Å². The summed E-state index contributed by atoms with van der Waals surface area (Å²) < 4.78 is 5.68. The highest BCUT2D eigenvalue weighted by Crippen LogP contribution is 2.29. The van der Waals surface area contributed by atoms with Crippen LogP contribution in [0.5, 0.6) is 0 Å². The van der Waals surface area contributed by atoms with Crippen LogP contribution in [0.25, 0.3) is 11.3 Å². The van der Waals surface area contributed by atoms with Gasteiger partial charge in [-0.25, -0.2) is 0 Å². The van der Waals surface area contributed by atoms with Crippen LogP contribution in [0.2, 0.25) is 5.02 Å². The monoisotopic (exact) mass is 410 g/mol. The zero-order chi connectivity index (χ0) is 21.1. The molecule has 0 saturated carbocycles. The lowest BCUT2D eigenvalue weighted by atomic mass is 10.1. The Labute approximate surface area is 175 Å². The number of furan rings is 1. The van der Waals surface area contributed by atoms with Crippen LogP contribution < -0.4 is 5.32 Å². The molecule has 1 aromatic heterocycles. The largest absolute Gasteiger partial charge is 0.451 e. The molecule has 0 radical (unpaired) electrons. The number of nitrogens with zero attached hydrogens (tertiary/aromatic N) is 1. The van der Waals surface area contributed by atoms with Gasteiger partial charge in [0, 0.05) is 18.3 Å². The maximum atomic E-state index is 12.7. The minimum atomic E-state index is -0.379. The lowest BCUT2D eigenvalue weighted by Gasteiger charge is -2.17. The number of likely N-dealkylation sites (N-methyl/N-ethyl adjacent to an activating group) is 1. The summed E-state index contributed by atoms with van der Waals surface area (Å²) >= 11 is 6.18. The van der Waals surface area contributed by atoms with E-state index in [1.54, 1.807) is 25.2 Å². The van der Waals surface area contributed by atoms with Crippen LogP contribution in [-0.2, 0) is 4.79 Å². The van der Waals surface area contributed by atoms with Gasteiger partial charge < -0.3 is 14.6 Å². The summed E-state index contributed by atoms with van der Waals surface area (Å²) in [7, 11) is 1.56. The molecule has 0 aliphatic carbocycles. The van der Waals surface area contributed by atoms with Crippen LogP contribution in [0.4, 0.5) is 5.69 Å². The third kappa shape index (κ3) is 4.69. The standard InChI is InChI=1S/C23H23ClN2O3/c1-14-11-15(2)22(16(3)12-14)25-21(27)13-26(4)23(28)20-10-9-19(29-20)17-7-5-6-8-18(17)24/h5-12H,13H2,1-4H3,(H,25,27). The molecule has 2 amide bonds. The predicted molar refractivity (Wildman–Crippen MR) is 115 cm³/mol. The van der Waals surface area contributed by atoms with Crippen LogP contribution in [-0.4, -0.2) is 30.3 Å². The van der Waals surface area contributed by atoms with Gasteiger partial charge in [0.1, 0.15) is 5.76 Å². The van der Waals surface area contributed by atoms with Crippen LogP contribution in [0.3, 0.4) is 0 Å². The topological polar surface area (TPSA) is 62.6 Å². The molecular formula is C23H23ClN2O3. The van der Waals surface area contributed by atoms with Gasteiger partial charge in [-0.05, 0) is 56.2 Å². The average Bonchev–Trinajstić information content (AvgIpc) is 3.14. The molecule has 0 aliphatic rings. The molecule has 0 saturated heterocycles. The summed E-state index contributed by atoms with van der Waals surface area (Å²) in [5, 5.41) is 3.44. The maximum Gasteiger partial charge on any atom is 0.289 e. The van der Waals surface area contributed by atoms with E-state index in [9.17, 15) is 9.59 Å². The third-order valence-electron chi connectivity index (χ3n) is 4.63. The van der Waals surface area contributed by atoms with Gasteiger partial charge in [0.15, 0.2) is 5.76 Å². The molecule has 0 fully saturated rings. The van der Waals surface area contributed by atoms with Crippen molar-refractivity contribution in [3.63, 3.8) is 0 Å². The first kappa shape index (κ1) is 20.7. The normalized spacial score (nSPS) is 10.7. The van der Waals surface area contributed by atoms with Gasteiger partial charge in [-0.15, -0.1) is 0 Å². The Morgan fingerprint density at radius 1 is 1.03 bits per heavy atom. The summed E-state index contributed by atoms with van der Waals surface area (Å²) in [6.45, 7) is 5.82. The molecule has 5 nitrogen and oxygen atoms in total. The Balaban J connectivity index is 1.68. The molecule has 3 rings (SSSR count).